The monoisotopic (exact) mass is 260 g/mol. The van der Waals surface area contributed by atoms with Crippen LogP contribution in [0.5, 0.6) is 0 Å². The molecule has 0 heterocycles. The van der Waals surface area contributed by atoms with Gasteiger partial charge < -0.3 is 0 Å². The molecule has 0 atom stereocenters. The zero-order valence-electron chi connectivity index (χ0n) is 11.3. The van der Waals surface area contributed by atoms with Crippen LogP contribution in [0, 0.1) is 0 Å². The van der Waals surface area contributed by atoms with Crippen molar-refractivity contribution in [1.82, 2.24) is 0 Å². The van der Waals surface area contributed by atoms with E-state index >= 15 is 0 Å². The van der Waals surface area contributed by atoms with Gasteiger partial charge in [0.1, 0.15) is 0 Å². The topological polar surface area (TPSA) is 17.1 Å². The van der Waals surface area contributed by atoms with Gasteiger partial charge in [0.05, 0.1) is 0 Å². The summed E-state index contributed by atoms with van der Waals surface area (Å²) in [5, 5.41) is 0. The number of benzene rings is 2. The number of carbonyl (C=O) groups excluding carboxylic acids is 1. The standard InChI is InChI=1S/C19H16O/c20-19-17(13-15-7-3-1-4-8-15)11-12-18(19)14-16-9-5-2-6-10-16/h1-10,13-14H,11-12H2/b17-13+,18-14?. The summed E-state index contributed by atoms with van der Waals surface area (Å²) in [5.74, 6) is 0.192. The molecule has 1 aliphatic carbocycles. The van der Waals surface area contributed by atoms with Gasteiger partial charge in [0.15, 0.2) is 5.78 Å². The SMILES string of the molecule is O=C1C(=Cc2ccccc2)CC/C1=C\c1ccccc1. The van der Waals surface area contributed by atoms with E-state index in [1.165, 1.54) is 0 Å². The maximum Gasteiger partial charge on any atom is 0.185 e. The Morgan fingerprint density at radius 2 is 1.05 bits per heavy atom. The van der Waals surface area contributed by atoms with Gasteiger partial charge in [0.2, 0.25) is 0 Å². The second-order valence-corrected chi connectivity index (χ2v) is 4.99. The summed E-state index contributed by atoms with van der Waals surface area (Å²) in [5.41, 5.74) is 4.02. The minimum absolute atomic E-state index is 0.192. The largest absolute Gasteiger partial charge is 0.289 e. The van der Waals surface area contributed by atoms with Gasteiger partial charge in [-0.2, -0.15) is 0 Å². The number of ketones is 1. The van der Waals surface area contributed by atoms with Crippen LogP contribution in [0.1, 0.15) is 24.0 Å². The highest BCUT2D eigenvalue weighted by Crippen LogP contribution is 2.29. The Bertz CT molecular complexity index is 604. The van der Waals surface area contributed by atoms with E-state index in [9.17, 15) is 4.79 Å². The van der Waals surface area contributed by atoms with E-state index in [-0.39, 0.29) is 5.78 Å². The summed E-state index contributed by atoms with van der Waals surface area (Å²) in [6, 6.07) is 20.0. The Kier molecular flexibility index (Phi) is 3.60. The average molecular weight is 260 g/mol. The van der Waals surface area contributed by atoms with E-state index in [4.69, 9.17) is 0 Å². The van der Waals surface area contributed by atoms with Crippen LogP contribution in [0.25, 0.3) is 12.2 Å². The highest BCUT2D eigenvalue weighted by atomic mass is 16.1. The minimum atomic E-state index is 0.192. The van der Waals surface area contributed by atoms with Crippen molar-refractivity contribution < 1.29 is 4.79 Å². The molecular weight excluding hydrogens is 244 g/mol. The van der Waals surface area contributed by atoms with Gasteiger partial charge in [-0.05, 0) is 36.1 Å². The van der Waals surface area contributed by atoms with E-state index in [1.807, 2.05) is 72.8 Å². The molecule has 3 rings (SSSR count). The molecule has 1 nitrogen and oxygen atoms in total. The molecule has 0 spiro atoms. The third kappa shape index (κ3) is 2.77. The van der Waals surface area contributed by atoms with E-state index < -0.39 is 0 Å². The zero-order valence-corrected chi connectivity index (χ0v) is 11.3. The first-order valence-corrected chi connectivity index (χ1v) is 6.89. The molecule has 0 radical (unpaired) electrons. The maximum atomic E-state index is 12.4. The summed E-state index contributed by atoms with van der Waals surface area (Å²) < 4.78 is 0. The number of rotatable bonds is 2. The molecule has 2 aromatic carbocycles. The Morgan fingerprint density at radius 3 is 1.45 bits per heavy atom. The lowest BCUT2D eigenvalue weighted by atomic mass is 10.1. The molecule has 1 aliphatic rings. The van der Waals surface area contributed by atoms with Crippen molar-refractivity contribution in [3.8, 4) is 0 Å². The molecule has 0 N–H and O–H groups in total. The highest BCUT2D eigenvalue weighted by molar-refractivity contribution is 6.15. The molecule has 1 heteroatoms. The zero-order chi connectivity index (χ0) is 13.8. The molecule has 0 aromatic heterocycles. The average Bonchev–Trinajstić information content (AvgIpc) is 2.83. The lowest BCUT2D eigenvalue weighted by Crippen LogP contribution is -1.95. The molecular formula is C19H16O. The third-order valence-corrected chi connectivity index (χ3v) is 3.53. The second kappa shape index (κ2) is 5.70. The molecule has 1 fully saturated rings. The minimum Gasteiger partial charge on any atom is -0.289 e. The van der Waals surface area contributed by atoms with Crippen molar-refractivity contribution in [2.45, 2.75) is 12.8 Å². The fraction of sp³-hybridized carbons (Fsp3) is 0.105. The first-order chi connectivity index (χ1) is 9.83. The highest BCUT2D eigenvalue weighted by Gasteiger charge is 2.22. The van der Waals surface area contributed by atoms with Gasteiger partial charge >= 0.3 is 0 Å². The lowest BCUT2D eigenvalue weighted by Gasteiger charge is -1.97. The molecule has 98 valence electrons. The maximum absolute atomic E-state index is 12.4. The van der Waals surface area contributed by atoms with Crippen LogP contribution in [0.3, 0.4) is 0 Å². The molecule has 0 aliphatic heterocycles. The van der Waals surface area contributed by atoms with Crippen molar-refractivity contribution in [3.05, 3.63) is 82.9 Å². The van der Waals surface area contributed by atoms with Crippen molar-refractivity contribution in [2.75, 3.05) is 0 Å². The smallest absolute Gasteiger partial charge is 0.185 e. The van der Waals surface area contributed by atoms with Gasteiger partial charge in [-0.1, -0.05) is 60.7 Å². The number of hydrogen-bond donors (Lipinski definition) is 0. The normalized spacial score (nSPS) is 18.9. The van der Waals surface area contributed by atoms with E-state index in [1.54, 1.807) is 0 Å². The Labute approximate surface area is 119 Å². The summed E-state index contributed by atoms with van der Waals surface area (Å²) in [4.78, 5) is 12.4. The van der Waals surface area contributed by atoms with Gasteiger partial charge in [-0.25, -0.2) is 0 Å². The van der Waals surface area contributed by atoms with Crippen molar-refractivity contribution in [3.63, 3.8) is 0 Å². The molecule has 2 aromatic rings. The number of Topliss-reactive ketones (excluding diaryl/α,β-unsaturated/α-hetero) is 1. The van der Waals surface area contributed by atoms with Crippen LogP contribution >= 0.6 is 0 Å². The molecule has 20 heavy (non-hydrogen) atoms. The van der Waals surface area contributed by atoms with Crippen molar-refractivity contribution in [1.29, 1.82) is 0 Å². The molecule has 0 unspecified atom stereocenters. The predicted octanol–water partition coefficient (Wildman–Crippen LogP) is 4.52. The molecule has 0 amide bonds. The van der Waals surface area contributed by atoms with Gasteiger partial charge in [0.25, 0.3) is 0 Å². The predicted molar refractivity (Wildman–Crippen MR) is 83.1 cm³/mol. The number of carbonyl (C=O) groups is 1. The van der Waals surface area contributed by atoms with E-state index in [0.717, 1.165) is 35.1 Å². The van der Waals surface area contributed by atoms with E-state index in [0.29, 0.717) is 0 Å². The number of allylic oxidation sites excluding steroid dienone is 2. The Morgan fingerprint density at radius 1 is 0.650 bits per heavy atom. The number of hydrogen-bond acceptors (Lipinski definition) is 1. The van der Waals surface area contributed by atoms with Crippen LogP contribution in [0.4, 0.5) is 0 Å². The van der Waals surface area contributed by atoms with Crippen molar-refractivity contribution in [2.24, 2.45) is 0 Å². The molecule has 0 saturated heterocycles. The summed E-state index contributed by atoms with van der Waals surface area (Å²) in [6.45, 7) is 0. The summed E-state index contributed by atoms with van der Waals surface area (Å²) in [6.07, 6.45) is 5.70. The fourth-order valence-electron chi connectivity index (χ4n) is 2.48. The molecule has 0 bridgehead atoms. The van der Waals surface area contributed by atoms with Crippen LogP contribution in [-0.2, 0) is 4.79 Å². The summed E-state index contributed by atoms with van der Waals surface area (Å²) in [7, 11) is 0. The quantitative estimate of drug-likeness (QED) is 0.726. The van der Waals surface area contributed by atoms with E-state index in [2.05, 4.69) is 0 Å². The Balaban J connectivity index is 1.85. The van der Waals surface area contributed by atoms with Crippen LogP contribution in [0.2, 0.25) is 0 Å². The fourth-order valence-corrected chi connectivity index (χ4v) is 2.48. The second-order valence-electron chi connectivity index (χ2n) is 4.99. The first kappa shape index (κ1) is 12.6. The van der Waals surface area contributed by atoms with Crippen LogP contribution < -0.4 is 0 Å². The first-order valence-electron chi connectivity index (χ1n) is 6.89. The summed E-state index contributed by atoms with van der Waals surface area (Å²) >= 11 is 0. The van der Waals surface area contributed by atoms with Gasteiger partial charge in [-0.3, -0.25) is 4.79 Å². The lowest BCUT2D eigenvalue weighted by molar-refractivity contribution is -0.111. The van der Waals surface area contributed by atoms with Crippen LogP contribution in [-0.4, -0.2) is 5.78 Å². The third-order valence-electron chi connectivity index (χ3n) is 3.53. The van der Waals surface area contributed by atoms with Gasteiger partial charge in [-0.15, -0.1) is 0 Å². The van der Waals surface area contributed by atoms with Gasteiger partial charge in [0, 0.05) is 11.1 Å². The van der Waals surface area contributed by atoms with Crippen LogP contribution in [0.15, 0.2) is 71.8 Å². The molecule has 1 saturated carbocycles. The Hall–Kier alpha value is -2.41. The van der Waals surface area contributed by atoms with Crippen molar-refractivity contribution >= 4 is 17.9 Å².